The van der Waals surface area contributed by atoms with Crippen LogP contribution in [0, 0.1) is 0 Å². The van der Waals surface area contributed by atoms with E-state index in [1.165, 1.54) is 0 Å². The van der Waals surface area contributed by atoms with Crippen molar-refractivity contribution in [2.45, 2.75) is 32.1 Å². The maximum absolute atomic E-state index is 13.0. The molecule has 0 radical (unpaired) electrons. The van der Waals surface area contributed by atoms with E-state index < -0.39 is 17.4 Å². The molecule has 3 aromatic rings. The number of rotatable bonds is 5. The summed E-state index contributed by atoms with van der Waals surface area (Å²) in [7, 11) is 0. The lowest BCUT2D eigenvalue weighted by atomic mass is 9.92. The molecule has 2 heterocycles. The molecule has 32 heavy (non-hydrogen) atoms. The molecule has 2 amide bonds. The van der Waals surface area contributed by atoms with Crippen LogP contribution in [-0.4, -0.2) is 21.8 Å². The van der Waals surface area contributed by atoms with Crippen LogP contribution in [0.5, 0.6) is 0 Å². The number of aromatic amines is 1. The molecule has 4 N–H and O–H groups in total. The van der Waals surface area contributed by atoms with E-state index >= 15 is 0 Å². The Labute approximate surface area is 189 Å². The molecule has 9 heteroatoms. The molecule has 0 saturated heterocycles. The minimum Gasteiger partial charge on any atom is -0.326 e. The average Bonchev–Trinajstić information content (AvgIpc) is 2.73. The molecular formula is C23H22ClN5O3. The zero-order valence-corrected chi connectivity index (χ0v) is 18.3. The Bertz CT molecular complexity index is 1240. The van der Waals surface area contributed by atoms with Crippen LogP contribution >= 0.6 is 11.6 Å². The van der Waals surface area contributed by atoms with Crippen LogP contribution in [-0.2, 0) is 9.59 Å². The molecule has 1 aromatic heterocycles. The number of halogens is 1. The minimum atomic E-state index is -0.958. The lowest BCUT2D eigenvalue weighted by Crippen LogP contribution is -2.36. The molecule has 0 aliphatic carbocycles. The molecule has 8 nitrogen and oxygen atoms in total. The highest BCUT2D eigenvalue weighted by molar-refractivity contribution is 6.30. The standard InChI is InChI=1S/C23H22ClN5O3/c1-12(2)13-6-8-15(9-7-13)25-21(31)17-11-18(30)27-20-19(17)22(32)29-23(28-20)26-16-5-3-4-14(24)10-16/h3-10,12,17H,11H2,1-2H3,(H,25,31)(H3,26,27,28,29,30,32)/t17-/m0/s1. The monoisotopic (exact) mass is 451 g/mol. The summed E-state index contributed by atoms with van der Waals surface area (Å²) < 4.78 is 0. The lowest BCUT2D eigenvalue weighted by molar-refractivity contribution is -0.123. The molecular weight excluding hydrogens is 430 g/mol. The fourth-order valence-electron chi connectivity index (χ4n) is 3.54. The van der Waals surface area contributed by atoms with Gasteiger partial charge in [-0.25, -0.2) is 0 Å². The number of aromatic nitrogens is 2. The van der Waals surface area contributed by atoms with Gasteiger partial charge in [0.25, 0.3) is 5.56 Å². The molecule has 0 fully saturated rings. The fraction of sp³-hybridized carbons (Fsp3) is 0.217. The molecule has 0 saturated carbocycles. The molecule has 0 unspecified atom stereocenters. The molecule has 164 valence electrons. The van der Waals surface area contributed by atoms with E-state index in [-0.39, 0.29) is 29.7 Å². The normalized spacial score (nSPS) is 15.1. The summed E-state index contributed by atoms with van der Waals surface area (Å²) in [6, 6.07) is 14.4. The number of hydrogen-bond acceptors (Lipinski definition) is 5. The summed E-state index contributed by atoms with van der Waals surface area (Å²) in [6.45, 7) is 4.17. The Morgan fingerprint density at radius 3 is 2.56 bits per heavy atom. The Morgan fingerprint density at radius 2 is 1.88 bits per heavy atom. The van der Waals surface area contributed by atoms with Gasteiger partial charge in [0.15, 0.2) is 0 Å². The van der Waals surface area contributed by atoms with Crippen molar-refractivity contribution in [2.75, 3.05) is 16.0 Å². The van der Waals surface area contributed by atoms with E-state index in [0.29, 0.717) is 22.3 Å². The third-order valence-corrected chi connectivity index (χ3v) is 5.43. The second kappa shape index (κ2) is 8.84. The predicted octanol–water partition coefficient (Wildman–Crippen LogP) is 4.35. The second-order valence-corrected chi connectivity index (χ2v) is 8.32. The van der Waals surface area contributed by atoms with Gasteiger partial charge in [0, 0.05) is 22.8 Å². The van der Waals surface area contributed by atoms with E-state index in [0.717, 1.165) is 5.56 Å². The molecule has 0 bridgehead atoms. The summed E-state index contributed by atoms with van der Waals surface area (Å²) in [5.41, 5.74) is 1.97. The maximum atomic E-state index is 13.0. The van der Waals surface area contributed by atoms with Gasteiger partial charge >= 0.3 is 0 Å². The smallest absolute Gasteiger partial charge is 0.258 e. The predicted molar refractivity (Wildman–Crippen MR) is 125 cm³/mol. The van der Waals surface area contributed by atoms with Crippen LogP contribution in [0.25, 0.3) is 0 Å². The van der Waals surface area contributed by atoms with Crippen LogP contribution in [0.2, 0.25) is 5.02 Å². The van der Waals surface area contributed by atoms with E-state index in [9.17, 15) is 14.4 Å². The fourth-order valence-corrected chi connectivity index (χ4v) is 3.73. The zero-order chi connectivity index (χ0) is 22.8. The molecule has 1 aliphatic rings. The number of benzene rings is 2. The third kappa shape index (κ3) is 4.65. The quantitative estimate of drug-likeness (QED) is 0.460. The van der Waals surface area contributed by atoms with Crippen molar-refractivity contribution in [3.05, 3.63) is 75.0 Å². The van der Waals surface area contributed by atoms with Gasteiger partial charge in [0.2, 0.25) is 17.8 Å². The van der Waals surface area contributed by atoms with Gasteiger partial charge in [-0.05, 0) is 41.8 Å². The van der Waals surface area contributed by atoms with Crippen molar-refractivity contribution >= 4 is 46.6 Å². The van der Waals surface area contributed by atoms with Crippen molar-refractivity contribution < 1.29 is 9.59 Å². The van der Waals surface area contributed by atoms with Gasteiger partial charge in [-0.1, -0.05) is 43.6 Å². The summed E-state index contributed by atoms with van der Waals surface area (Å²) in [5, 5.41) is 8.85. The van der Waals surface area contributed by atoms with Crippen LogP contribution in [0.15, 0.2) is 53.3 Å². The SMILES string of the molecule is CC(C)c1ccc(NC(=O)[C@H]2CC(=O)Nc3nc(Nc4cccc(Cl)c4)[nH]c(=O)c32)cc1. The highest BCUT2D eigenvalue weighted by Crippen LogP contribution is 2.30. The van der Waals surface area contributed by atoms with Crippen LogP contribution in [0.4, 0.5) is 23.1 Å². The van der Waals surface area contributed by atoms with Gasteiger partial charge in [-0.15, -0.1) is 0 Å². The number of nitrogens with zero attached hydrogens (tertiary/aromatic N) is 1. The Morgan fingerprint density at radius 1 is 1.12 bits per heavy atom. The van der Waals surface area contributed by atoms with E-state index in [2.05, 4.69) is 39.8 Å². The number of amides is 2. The van der Waals surface area contributed by atoms with Crippen LogP contribution in [0.1, 0.15) is 43.2 Å². The summed E-state index contributed by atoms with van der Waals surface area (Å²) in [5.74, 6) is -1.24. The van der Waals surface area contributed by atoms with Crippen molar-refractivity contribution in [1.29, 1.82) is 0 Å². The third-order valence-electron chi connectivity index (χ3n) is 5.20. The number of carbonyl (C=O) groups is 2. The summed E-state index contributed by atoms with van der Waals surface area (Å²) >= 11 is 5.99. The Balaban J connectivity index is 1.60. The summed E-state index contributed by atoms with van der Waals surface area (Å²) in [6.07, 6.45) is -0.144. The minimum absolute atomic E-state index is 0.0600. The highest BCUT2D eigenvalue weighted by Gasteiger charge is 2.34. The lowest BCUT2D eigenvalue weighted by Gasteiger charge is -2.23. The zero-order valence-electron chi connectivity index (χ0n) is 17.5. The topological polar surface area (TPSA) is 116 Å². The Kier molecular flexibility index (Phi) is 5.96. The van der Waals surface area contributed by atoms with E-state index in [4.69, 9.17) is 11.6 Å². The number of fused-ring (bicyclic) bond motifs is 1. The van der Waals surface area contributed by atoms with E-state index in [1.807, 2.05) is 12.1 Å². The van der Waals surface area contributed by atoms with Gasteiger partial charge in [-0.2, -0.15) is 4.98 Å². The number of H-pyrrole nitrogens is 1. The van der Waals surface area contributed by atoms with E-state index in [1.54, 1.807) is 36.4 Å². The van der Waals surface area contributed by atoms with Crippen molar-refractivity contribution in [1.82, 2.24) is 9.97 Å². The maximum Gasteiger partial charge on any atom is 0.258 e. The first-order chi connectivity index (χ1) is 15.3. The molecule has 1 atom stereocenters. The molecule has 4 rings (SSSR count). The largest absolute Gasteiger partial charge is 0.326 e. The van der Waals surface area contributed by atoms with Crippen molar-refractivity contribution in [3.8, 4) is 0 Å². The van der Waals surface area contributed by atoms with Gasteiger partial charge in [-0.3, -0.25) is 19.4 Å². The van der Waals surface area contributed by atoms with Gasteiger partial charge in [0.05, 0.1) is 11.5 Å². The molecule has 1 aliphatic heterocycles. The second-order valence-electron chi connectivity index (χ2n) is 7.88. The highest BCUT2D eigenvalue weighted by atomic mass is 35.5. The number of hydrogen-bond donors (Lipinski definition) is 4. The van der Waals surface area contributed by atoms with Crippen LogP contribution in [0.3, 0.4) is 0 Å². The van der Waals surface area contributed by atoms with Gasteiger partial charge in [0.1, 0.15) is 5.82 Å². The number of anilines is 4. The first-order valence-electron chi connectivity index (χ1n) is 10.2. The van der Waals surface area contributed by atoms with Crippen molar-refractivity contribution in [3.63, 3.8) is 0 Å². The first kappa shape index (κ1) is 21.6. The van der Waals surface area contributed by atoms with Crippen molar-refractivity contribution in [2.24, 2.45) is 0 Å². The number of nitrogens with one attached hydrogen (secondary N) is 4. The van der Waals surface area contributed by atoms with Crippen LogP contribution < -0.4 is 21.5 Å². The Hall–Kier alpha value is -3.65. The molecule has 2 aromatic carbocycles. The average molecular weight is 452 g/mol. The first-order valence-corrected chi connectivity index (χ1v) is 10.6. The number of carbonyl (C=O) groups excluding carboxylic acids is 2. The van der Waals surface area contributed by atoms with Gasteiger partial charge < -0.3 is 16.0 Å². The summed E-state index contributed by atoms with van der Waals surface area (Å²) in [4.78, 5) is 45.0. The molecule has 0 spiro atoms.